The van der Waals surface area contributed by atoms with Gasteiger partial charge in [-0.05, 0) is 17.5 Å². The molecule has 1 aromatic carbocycles. The predicted molar refractivity (Wildman–Crippen MR) is 56.0 cm³/mol. The SMILES string of the molecule is CCC(=O)CCc1ccccc1CO. The van der Waals surface area contributed by atoms with Gasteiger partial charge in [0.15, 0.2) is 0 Å². The van der Waals surface area contributed by atoms with Crippen LogP contribution in [0, 0.1) is 0 Å². The van der Waals surface area contributed by atoms with Crippen molar-refractivity contribution in [1.29, 1.82) is 0 Å². The summed E-state index contributed by atoms with van der Waals surface area (Å²) in [6, 6.07) is 7.70. The summed E-state index contributed by atoms with van der Waals surface area (Å²) in [5, 5.41) is 9.06. The Morgan fingerprint density at radius 1 is 1.29 bits per heavy atom. The number of carbonyl (C=O) groups excluding carboxylic acids is 1. The molecule has 0 spiro atoms. The topological polar surface area (TPSA) is 37.3 Å². The minimum absolute atomic E-state index is 0.0521. The molecule has 0 radical (unpaired) electrons. The third kappa shape index (κ3) is 2.96. The molecule has 1 N–H and O–H groups in total. The first-order valence-electron chi connectivity index (χ1n) is 4.97. The number of benzene rings is 1. The van der Waals surface area contributed by atoms with Crippen LogP contribution in [0.5, 0.6) is 0 Å². The number of hydrogen-bond acceptors (Lipinski definition) is 2. The maximum Gasteiger partial charge on any atom is 0.132 e. The lowest BCUT2D eigenvalue weighted by molar-refractivity contribution is -0.118. The van der Waals surface area contributed by atoms with Crippen LogP contribution in [-0.4, -0.2) is 10.9 Å². The van der Waals surface area contributed by atoms with Crippen LogP contribution in [-0.2, 0) is 17.8 Å². The number of aliphatic hydroxyl groups is 1. The highest BCUT2D eigenvalue weighted by Gasteiger charge is 2.03. The molecule has 0 atom stereocenters. The highest BCUT2D eigenvalue weighted by Crippen LogP contribution is 2.11. The zero-order valence-corrected chi connectivity index (χ0v) is 8.49. The van der Waals surface area contributed by atoms with E-state index in [0.717, 1.165) is 17.5 Å². The number of aryl methyl sites for hydroxylation is 1. The Morgan fingerprint density at radius 3 is 2.50 bits per heavy atom. The fraction of sp³-hybridized carbons (Fsp3) is 0.417. The standard InChI is InChI=1S/C12H16O2/c1-2-12(14)8-7-10-5-3-4-6-11(10)9-13/h3-6,13H,2,7-9H2,1H3. The third-order valence-corrected chi connectivity index (χ3v) is 2.36. The monoisotopic (exact) mass is 192 g/mol. The summed E-state index contributed by atoms with van der Waals surface area (Å²) in [6.45, 7) is 1.93. The molecule has 0 aliphatic rings. The van der Waals surface area contributed by atoms with Crippen molar-refractivity contribution in [2.45, 2.75) is 32.8 Å². The van der Waals surface area contributed by atoms with Crippen LogP contribution in [0.4, 0.5) is 0 Å². The van der Waals surface area contributed by atoms with Gasteiger partial charge in [-0.2, -0.15) is 0 Å². The van der Waals surface area contributed by atoms with E-state index in [0.29, 0.717) is 12.8 Å². The minimum Gasteiger partial charge on any atom is -0.392 e. The molecule has 0 aliphatic heterocycles. The van der Waals surface area contributed by atoms with Crippen molar-refractivity contribution in [2.24, 2.45) is 0 Å². The molecule has 0 saturated carbocycles. The largest absolute Gasteiger partial charge is 0.392 e. The average molecular weight is 192 g/mol. The molecule has 14 heavy (non-hydrogen) atoms. The quantitative estimate of drug-likeness (QED) is 0.775. The van der Waals surface area contributed by atoms with Crippen molar-refractivity contribution in [3.8, 4) is 0 Å². The van der Waals surface area contributed by atoms with Gasteiger partial charge >= 0.3 is 0 Å². The fourth-order valence-corrected chi connectivity index (χ4v) is 1.41. The van der Waals surface area contributed by atoms with Gasteiger partial charge in [0, 0.05) is 12.8 Å². The van der Waals surface area contributed by atoms with E-state index in [-0.39, 0.29) is 12.4 Å². The van der Waals surface area contributed by atoms with E-state index < -0.39 is 0 Å². The maximum absolute atomic E-state index is 11.1. The van der Waals surface area contributed by atoms with Crippen molar-refractivity contribution in [3.05, 3.63) is 35.4 Å². The molecular formula is C12H16O2. The Hall–Kier alpha value is -1.15. The number of carbonyl (C=O) groups is 1. The Bertz CT molecular complexity index is 305. The fourth-order valence-electron chi connectivity index (χ4n) is 1.41. The van der Waals surface area contributed by atoms with E-state index in [1.54, 1.807) is 0 Å². The maximum atomic E-state index is 11.1. The molecule has 0 saturated heterocycles. The molecule has 1 aromatic rings. The average Bonchev–Trinajstić information content (AvgIpc) is 2.26. The summed E-state index contributed by atoms with van der Waals surface area (Å²) in [4.78, 5) is 11.1. The van der Waals surface area contributed by atoms with Gasteiger partial charge in [0.25, 0.3) is 0 Å². The molecular weight excluding hydrogens is 176 g/mol. The van der Waals surface area contributed by atoms with Crippen molar-refractivity contribution in [3.63, 3.8) is 0 Å². The number of Topliss-reactive ketones (excluding diaryl/α,β-unsaturated/α-hetero) is 1. The second-order valence-corrected chi connectivity index (χ2v) is 3.32. The highest BCUT2D eigenvalue weighted by atomic mass is 16.3. The van der Waals surface area contributed by atoms with Crippen LogP contribution in [0.3, 0.4) is 0 Å². The normalized spacial score (nSPS) is 10.1. The molecule has 0 bridgehead atoms. The van der Waals surface area contributed by atoms with Gasteiger partial charge in [-0.15, -0.1) is 0 Å². The van der Waals surface area contributed by atoms with Gasteiger partial charge in [0.1, 0.15) is 5.78 Å². The first-order valence-corrected chi connectivity index (χ1v) is 4.97. The third-order valence-electron chi connectivity index (χ3n) is 2.36. The zero-order chi connectivity index (χ0) is 10.4. The molecule has 76 valence electrons. The highest BCUT2D eigenvalue weighted by molar-refractivity contribution is 5.78. The lowest BCUT2D eigenvalue weighted by Gasteiger charge is -2.05. The van der Waals surface area contributed by atoms with Gasteiger partial charge in [0.05, 0.1) is 6.61 Å². The van der Waals surface area contributed by atoms with Gasteiger partial charge in [-0.25, -0.2) is 0 Å². The van der Waals surface area contributed by atoms with E-state index in [9.17, 15) is 4.79 Å². The van der Waals surface area contributed by atoms with E-state index in [1.807, 2.05) is 31.2 Å². The lowest BCUT2D eigenvalue weighted by atomic mass is 10.0. The molecule has 0 heterocycles. The van der Waals surface area contributed by atoms with Gasteiger partial charge in [-0.1, -0.05) is 31.2 Å². The number of ketones is 1. The summed E-state index contributed by atoms with van der Waals surface area (Å²) >= 11 is 0. The van der Waals surface area contributed by atoms with E-state index in [1.165, 1.54) is 0 Å². The van der Waals surface area contributed by atoms with E-state index >= 15 is 0 Å². The molecule has 0 fully saturated rings. The molecule has 2 heteroatoms. The number of aliphatic hydroxyl groups excluding tert-OH is 1. The summed E-state index contributed by atoms with van der Waals surface area (Å²) in [5.41, 5.74) is 2.01. The number of hydrogen-bond donors (Lipinski definition) is 1. The summed E-state index contributed by atoms with van der Waals surface area (Å²) in [7, 11) is 0. The van der Waals surface area contributed by atoms with E-state index in [4.69, 9.17) is 5.11 Å². The number of rotatable bonds is 5. The Balaban J connectivity index is 2.61. The smallest absolute Gasteiger partial charge is 0.132 e. The first kappa shape index (κ1) is 10.9. The van der Waals surface area contributed by atoms with Crippen LogP contribution in [0.1, 0.15) is 30.9 Å². The predicted octanol–water partition coefficient (Wildman–Crippen LogP) is 2.09. The van der Waals surface area contributed by atoms with Crippen LogP contribution in [0.25, 0.3) is 0 Å². The zero-order valence-electron chi connectivity index (χ0n) is 8.49. The second-order valence-electron chi connectivity index (χ2n) is 3.32. The summed E-state index contributed by atoms with van der Waals surface area (Å²) in [6.07, 6.45) is 1.91. The minimum atomic E-state index is 0.0521. The lowest BCUT2D eigenvalue weighted by Crippen LogP contribution is -2.00. The summed E-state index contributed by atoms with van der Waals surface area (Å²) in [5.74, 6) is 0.276. The molecule has 0 unspecified atom stereocenters. The second kappa shape index (κ2) is 5.55. The first-order chi connectivity index (χ1) is 6.77. The van der Waals surface area contributed by atoms with Gasteiger partial charge < -0.3 is 5.11 Å². The van der Waals surface area contributed by atoms with Crippen molar-refractivity contribution >= 4 is 5.78 Å². The molecule has 0 amide bonds. The molecule has 0 aliphatic carbocycles. The van der Waals surface area contributed by atoms with Crippen LogP contribution >= 0.6 is 0 Å². The van der Waals surface area contributed by atoms with Gasteiger partial charge in [-0.3, -0.25) is 4.79 Å². The Labute approximate surface area is 84.6 Å². The van der Waals surface area contributed by atoms with Crippen LogP contribution in [0.2, 0.25) is 0 Å². The van der Waals surface area contributed by atoms with Crippen molar-refractivity contribution in [1.82, 2.24) is 0 Å². The van der Waals surface area contributed by atoms with Crippen LogP contribution < -0.4 is 0 Å². The van der Waals surface area contributed by atoms with Crippen LogP contribution in [0.15, 0.2) is 24.3 Å². The molecule has 1 rings (SSSR count). The van der Waals surface area contributed by atoms with Crippen molar-refractivity contribution < 1.29 is 9.90 Å². The summed E-state index contributed by atoms with van der Waals surface area (Å²) < 4.78 is 0. The molecule has 2 nitrogen and oxygen atoms in total. The molecule has 0 aromatic heterocycles. The van der Waals surface area contributed by atoms with Crippen molar-refractivity contribution in [2.75, 3.05) is 0 Å². The van der Waals surface area contributed by atoms with Gasteiger partial charge in [0.2, 0.25) is 0 Å². The van der Waals surface area contributed by atoms with E-state index in [2.05, 4.69) is 0 Å². The Kier molecular flexibility index (Phi) is 4.33. The Morgan fingerprint density at radius 2 is 1.93 bits per heavy atom.